The molecule has 8 heteroatoms. The molecule has 0 bridgehead atoms. The zero-order valence-electron chi connectivity index (χ0n) is 17.2. The third-order valence-corrected chi connectivity index (χ3v) is 5.34. The van der Waals surface area contributed by atoms with Crippen LogP contribution in [0.3, 0.4) is 0 Å². The van der Waals surface area contributed by atoms with Gasteiger partial charge in [-0.3, -0.25) is 0 Å². The standard InChI is InChI=1S/C20H28N4O3S/c1-12(2)26-20(5,6)17-11-28-19(21-17)22-18(25)16-8-7-9-24(16)10-15-13(3)23-27-14(15)4/h7-9,11-12,18,25H,10H2,1-6H3,(H,21,22). The summed E-state index contributed by atoms with van der Waals surface area (Å²) >= 11 is 1.45. The Morgan fingerprint density at radius 1 is 1.36 bits per heavy atom. The Kier molecular flexibility index (Phi) is 5.92. The maximum atomic E-state index is 10.7. The number of rotatable bonds is 8. The lowest BCUT2D eigenvalue weighted by Gasteiger charge is -2.25. The van der Waals surface area contributed by atoms with Crippen molar-refractivity contribution >= 4 is 16.5 Å². The average Bonchev–Trinajstić information content (AvgIpc) is 3.31. The number of aliphatic hydroxyl groups is 1. The van der Waals surface area contributed by atoms with Gasteiger partial charge in [-0.15, -0.1) is 11.3 Å². The minimum atomic E-state index is -0.886. The molecule has 0 aromatic carbocycles. The van der Waals surface area contributed by atoms with Crippen LogP contribution in [0.4, 0.5) is 5.13 Å². The van der Waals surface area contributed by atoms with Crippen molar-refractivity contribution in [3.8, 4) is 0 Å². The number of nitrogens with one attached hydrogen (secondary N) is 1. The fourth-order valence-corrected chi connectivity index (χ4v) is 4.07. The number of aromatic nitrogens is 3. The predicted molar refractivity (Wildman–Crippen MR) is 109 cm³/mol. The van der Waals surface area contributed by atoms with Gasteiger partial charge in [0.05, 0.1) is 29.7 Å². The predicted octanol–water partition coefficient (Wildman–Crippen LogP) is 4.36. The van der Waals surface area contributed by atoms with E-state index in [1.807, 2.05) is 69.8 Å². The van der Waals surface area contributed by atoms with Gasteiger partial charge in [0, 0.05) is 17.1 Å². The lowest BCUT2D eigenvalue weighted by molar-refractivity contribution is -0.0623. The molecule has 7 nitrogen and oxygen atoms in total. The molecular weight excluding hydrogens is 376 g/mol. The first-order chi connectivity index (χ1) is 13.2. The summed E-state index contributed by atoms with van der Waals surface area (Å²) in [6.07, 6.45) is 1.15. The molecule has 0 amide bonds. The van der Waals surface area contributed by atoms with E-state index in [-0.39, 0.29) is 6.10 Å². The molecule has 28 heavy (non-hydrogen) atoms. The Labute approximate surface area is 169 Å². The van der Waals surface area contributed by atoms with E-state index in [2.05, 4.69) is 15.5 Å². The van der Waals surface area contributed by atoms with Gasteiger partial charge < -0.3 is 24.3 Å². The van der Waals surface area contributed by atoms with Crippen LogP contribution in [0.25, 0.3) is 0 Å². The van der Waals surface area contributed by atoms with Crippen molar-refractivity contribution in [1.29, 1.82) is 0 Å². The van der Waals surface area contributed by atoms with Crippen molar-refractivity contribution in [2.45, 2.75) is 66.0 Å². The van der Waals surface area contributed by atoms with Crippen LogP contribution in [0.2, 0.25) is 0 Å². The van der Waals surface area contributed by atoms with Crippen molar-refractivity contribution in [3.05, 3.63) is 52.1 Å². The fraction of sp³-hybridized carbons (Fsp3) is 0.500. The first-order valence-corrected chi connectivity index (χ1v) is 10.2. The Balaban J connectivity index is 1.73. The normalized spacial score (nSPS) is 13.3. The molecule has 0 aliphatic carbocycles. The molecule has 3 aromatic heterocycles. The second kappa shape index (κ2) is 8.06. The van der Waals surface area contributed by atoms with Gasteiger partial charge in [0.2, 0.25) is 0 Å². The molecule has 1 atom stereocenters. The molecule has 3 aromatic rings. The Bertz CT molecular complexity index is 906. The highest BCUT2D eigenvalue weighted by molar-refractivity contribution is 7.13. The molecular formula is C20H28N4O3S. The van der Waals surface area contributed by atoms with E-state index in [0.717, 1.165) is 28.4 Å². The van der Waals surface area contributed by atoms with E-state index in [9.17, 15) is 5.11 Å². The summed E-state index contributed by atoms with van der Waals surface area (Å²) in [6.45, 7) is 12.4. The molecule has 152 valence electrons. The third kappa shape index (κ3) is 4.45. The first-order valence-electron chi connectivity index (χ1n) is 9.32. The van der Waals surface area contributed by atoms with Crippen LogP contribution in [0.5, 0.6) is 0 Å². The Morgan fingerprint density at radius 2 is 2.11 bits per heavy atom. The number of aryl methyl sites for hydroxylation is 2. The van der Waals surface area contributed by atoms with Gasteiger partial charge >= 0.3 is 0 Å². The van der Waals surface area contributed by atoms with Crippen LogP contribution >= 0.6 is 11.3 Å². The van der Waals surface area contributed by atoms with Crippen LogP contribution in [-0.4, -0.2) is 25.9 Å². The van der Waals surface area contributed by atoms with E-state index in [1.165, 1.54) is 11.3 Å². The first kappa shape index (κ1) is 20.6. The van der Waals surface area contributed by atoms with Gasteiger partial charge in [-0.05, 0) is 53.7 Å². The molecule has 0 aliphatic rings. The van der Waals surface area contributed by atoms with Crippen molar-refractivity contribution in [2.75, 3.05) is 5.32 Å². The number of nitrogens with zero attached hydrogens (tertiary/aromatic N) is 3. The van der Waals surface area contributed by atoms with Crippen LogP contribution < -0.4 is 5.32 Å². The minimum absolute atomic E-state index is 0.103. The summed E-state index contributed by atoms with van der Waals surface area (Å²) in [5.74, 6) is 0.788. The molecule has 0 saturated carbocycles. The summed E-state index contributed by atoms with van der Waals surface area (Å²) in [4.78, 5) is 4.61. The molecule has 0 aliphatic heterocycles. The highest BCUT2D eigenvalue weighted by atomic mass is 32.1. The summed E-state index contributed by atoms with van der Waals surface area (Å²) in [5.41, 5.74) is 2.98. The quantitative estimate of drug-likeness (QED) is 0.543. The van der Waals surface area contributed by atoms with Crippen LogP contribution in [0, 0.1) is 13.8 Å². The van der Waals surface area contributed by atoms with Crippen LogP contribution in [0.15, 0.2) is 28.2 Å². The van der Waals surface area contributed by atoms with Gasteiger partial charge in [0.1, 0.15) is 11.4 Å². The van der Waals surface area contributed by atoms with Crippen molar-refractivity contribution in [3.63, 3.8) is 0 Å². The topological polar surface area (TPSA) is 85.3 Å². The molecule has 2 N–H and O–H groups in total. The largest absolute Gasteiger partial charge is 0.368 e. The lowest BCUT2D eigenvalue weighted by atomic mass is 10.1. The SMILES string of the molecule is Cc1noc(C)c1Cn1cccc1C(O)Nc1nc(C(C)(C)OC(C)C)cs1. The zero-order valence-corrected chi connectivity index (χ0v) is 18.0. The number of hydrogen-bond donors (Lipinski definition) is 2. The summed E-state index contributed by atoms with van der Waals surface area (Å²) < 4.78 is 13.2. The van der Waals surface area contributed by atoms with Gasteiger partial charge in [-0.25, -0.2) is 4.98 Å². The number of ether oxygens (including phenoxy) is 1. The Hall–Kier alpha value is -2.16. The number of aliphatic hydroxyl groups excluding tert-OH is 1. The summed E-state index contributed by atoms with van der Waals surface area (Å²) in [5, 5.41) is 20.4. The minimum Gasteiger partial charge on any atom is -0.368 e. The Morgan fingerprint density at radius 3 is 2.75 bits per heavy atom. The monoisotopic (exact) mass is 404 g/mol. The van der Waals surface area contributed by atoms with Gasteiger partial charge in [0.15, 0.2) is 11.4 Å². The maximum Gasteiger partial charge on any atom is 0.185 e. The van der Waals surface area contributed by atoms with Crippen molar-refractivity contribution in [2.24, 2.45) is 0 Å². The number of anilines is 1. The van der Waals surface area contributed by atoms with Crippen LogP contribution in [-0.2, 0) is 16.9 Å². The second-order valence-corrected chi connectivity index (χ2v) is 8.48. The summed E-state index contributed by atoms with van der Waals surface area (Å²) in [7, 11) is 0. The van der Waals surface area contributed by atoms with E-state index >= 15 is 0 Å². The van der Waals surface area contributed by atoms with E-state index in [0.29, 0.717) is 11.7 Å². The third-order valence-electron chi connectivity index (χ3n) is 4.57. The average molecular weight is 405 g/mol. The highest BCUT2D eigenvalue weighted by Crippen LogP contribution is 2.30. The van der Waals surface area contributed by atoms with E-state index < -0.39 is 11.8 Å². The van der Waals surface area contributed by atoms with Crippen molar-refractivity contribution in [1.82, 2.24) is 14.7 Å². The molecule has 3 rings (SSSR count). The molecule has 1 unspecified atom stereocenters. The second-order valence-electron chi connectivity index (χ2n) is 7.63. The molecule has 0 saturated heterocycles. The molecule has 0 spiro atoms. The van der Waals surface area contributed by atoms with Gasteiger partial charge in [0.25, 0.3) is 0 Å². The molecule has 0 fully saturated rings. The van der Waals surface area contributed by atoms with Crippen LogP contribution in [0.1, 0.15) is 62.3 Å². The lowest BCUT2D eigenvalue weighted by Crippen LogP contribution is -2.26. The van der Waals surface area contributed by atoms with Gasteiger partial charge in [-0.1, -0.05) is 5.16 Å². The van der Waals surface area contributed by atoms with Gasteiger partial charge in [-0.2, -0.15) is 0 Å². The summed E-state index contributed by atoms with van der Waals surface area (Å²) in [6, 6.07) is 3.79. The smallest absolute Gasteiger partial charge is 0.185 e. The van der Waals surface area contributed by atoms with Crippen molar-refractivity contribution < 1.29 is 14.4 Å². The molecule has 3 heterocycles. The number of thiazole rings is 1. The number of hydrogen-bond acceptors (Lipinski definition) is 7. The van der Waals surface area contributed by atoms with E-state index in [1.54, 1.807) is 0 Å². The van der Waals surface area contributed by atoms with E-state index in [4.69, 9.17) is 9.26 Å². The zero-order chi connectivity index (χ0) is 20.5. The molecule has 0 radical (unpaired) electrons. The maximum absolute atomic E-state index is 10.7. The highest BCUT2D eigenvalue weighted by Gasteiger charge is 2.26. The fourth-order valence-electron chi connectivity index (χ4n) is 3.17.